The zero-order valence-corrected chi connectivity index (χ0v) is 22.9. The minimum Gasteiger partial charge on any atom is -0.425 e. The number of nitrogen functional groups attached to an aromatic ring is 1. The number of carbonyl (C=O) groups excluding carboxylic acids is 3. The summed E-state index contributed by atoms with van der Waals surface area (Å²) in [6, 6.07) is 0. The molecule has 3 aliphatic rings. The van der Waals surface area contributed by atoms with E-state index in [-0.39, 0.29) is 34.6 Å². The average molecular weight is 571 g/mol. The number of hydrogen-bond donors (Lipinski definition) is 4. The van der Waals surface area contributed by atoms with Gasteiger partial charge in [-0.05, 0) is 31.6 Å². The topological polar surface area (TPSA) is 198 Å². The van der Waals surface area contributed by atoms with E-state index in [1.807, 2.05) is 0 Å². The first-order valence-corrected chi connectivity index (χ1v) is 13.7. The summed E-state index contributed by atoms with van der Waals surface area (Å²) >= 11 is 0. The minimum atomic E-state index is -1.44. The zero-order chi connectivity index (χ0) is 29.3. The summed E-state index contributed by atoms with van der Waals surface area (Å²) in [6.07, 6.45) is -1.81. The summed E-state index contributed by atoms with van der Waals surface area (Å²) in [6.45, 7) is 3.16. The maximum absolute atomic E-state index is 12.5. The Labute approximate surface area is 236 Å². The SMILES string of the molecule is CCNC(=O)[C@H]1O[C@@H](n2cnc3c(N)nc(C#CCC4CCN(C(=O)OC5CCC(=O)N5C)CC4)nc32)[C@H](O)[C@@H]1O. The highest BCUT2D eigenvalue weighted by molar-refractivity contribution is 5.83. The Morgan fingerprint density at radius 2 is 1.98 bits per heavy atom. The van der Waals surface area contributed by atoms with Crippen LogP contribution in [-0.2, 0) is 19.1 Å². The lowest BCUT2D eigenvalue weighted by atomic mass is 9.94. The van der Waals surface area contributed by atoms with E-state index >= 15 is 0 Å². The summed E-state index contributed by atoms with van der Waals surface area (Å²) in [7, 11) is 1.64. The lowest BCUT2D eigenvalue weighted by Gasteiger charge is -2.32. The lowest BCUT2D eigenvalue weighted by Crippen LogP contribution is -2.42. The molecule has 3 fully saturated rings. The molecule has 0 bridgehead atoms. The first-order chi connectivity index (χ1) is 19.7. The molecule has 15 nitrogen and oxygen atoms in total. The van der Waals surface area contributed by atoms with Gasteiger partial charge in [-0.15, -0.1) is 0 Å². The summed E-state index contributed by atoms with van der Waals surface area (Å²) < 4.78 is 12.6. The first kappa shape index (κ1) is 28.5. The zero-order valence-electron chi connectivity index (χ0n) is 22.9. The van der Waals surface area contributed by atoms with Crippen LogP contribution in [0.2, 0.25) is 0 Å². The van der Waals surface area contributed by atoms with Gasteiger partial charge in [0.2, 0.25) is 11.7 Å². The van der Waals surface area contributed by atoms with Crippen LogP contribution in [-0.4, -0.2) is 109 Å². The van der Waals surface area contributed by atoms with Crippen LogP contribution in [0.3, 0.4) is 0 Å². The van der Waals surface area contributed by atoms with Gasteiger partial charge in [-0.25, -0.2) is 19.7 Å². The van der Waals surface area contributed by atoms with E-state index in [0.717, 1.165) is 12.8 Å². The molecule has 3 aliphatic heterocycles. The third kappa shape index (κ3) is 5.76. The molecule has 5 atom stereocenters. The van der Waals surface area contributed by atoms with E-state index in [1.54, 1.807) is 18.9 Å². The van der Waals surface area contributed by atoms with Gasteiger partial charge in [0, 0.05) is 45.9 Å². The summed E-state index contributed by atoms with van der Waals surface area (Å²) in [4.78, 5) is 52.4. The summed E-state index contributed by atoms with van der Waals surface area (Å²) in [5, 5.41) is 23.5. The Morgan fingerprint density at radius 3 is 2.66 bits per heavy atom. The van der Waals surface area contributed by atoms with Gasteiger partial charge in [0.1, 0.15) is 17.7 Å². The van der Waals surface area contributed by atoms with Gasteiger partial charge in [0.25, 0.3) is 5.91 Å². The number of fused-ring (bicyclic) bond motifs is 1. The minimum absolute atomic E-state index is 0.0252. The quantitative estimate of drug-likeness (QED) is 0.333. The van der Waals surface area contributed by atoms with Crippen LogP contribution in [0.25, 0.3) is 11.2 Å². The van der Waals surface area contributed by atoms with E-state index in [2.05, 4.69) is 32.1 Å². The largest absolute Gasteiger partial charge is 0.425 e. The van der Waals surface area contributed by atoms with Crippen molar-refractivity contribution in [1.82, 2.24) is 34.6 Å². The van der Waals surface area contributed by atoms with Crippen LogP contribution in [0.15, 0.2) is 6.33 Å². The van der Waals surface area contributed by atoms with E-state index in [0.29, 0.717) is 38.9 Å². The number of likely N-dealkylation sites (N-methyl/N-ethyl adjacent to an activating group) is 1. The van der Waals surface area contributed by atoms with E-state index in [4.69, 9.17) is 15.2 Å². The fraction of sp³-hybridized carbons (Fsp3) is 0.615. The van der Waals surface area contributed by atoms with Gasteiger partial charge >= 0.3 is 6.09 Å². The Bertz CT molecular complexity index is 1380. The number of aliphatic hydroxyl groups excluding tert-OH is 2. The average Bonchev–Trinajstić information content (AvgIpc) is 3.61. The van der Waals surface area contributed by atoms with Crippen LogP contribution in [0.5, 0.6) is 0 Å². The van der Waals surface area contributed by atoms with Crippen molar-refractivity contribution in [3.05, 3.63) is 12.2 Å². The Morgan fingerprint density at radius 1 is 1.22 bits per heavy atom. The number of aromatic nitrogens is 4. The molecule has 0 aliphatic carbocycles. The van der Waals surface area contributed by atoms with E-state index in [9.17, 15) is 24.6 Å². The number of aliphatic hydroxyl groups is 2. The second-order valence-electron chi connectivity index (χ2n) is 10.4. The number of nitrogens with one attached hydrogen (secondary N) is 1. The number of nitrogens with zero attached hydrogens (tertiary/aromatic N) is 6. The van der Waals surface area contributed by atoms with E-state index in [1.165, 1.54) is 15.8 Å². The predicted molar refractivity (Wildman–Crippen MR) is 142 cm³/mol. The molecule has 2 aromatic heterocycles. The molecule has 3 amide bonds. The number of ether oxygens (including phenoxy) is 2. The fourth-order valence-corrected chi connectivity index (χ4v) is 5.26. The molecule has 3 saturated heterocycles. The smallest absolute Gasteiger partial charge is 0.411 e. The second-order valence-corrected chi connectivity index (χ2v) is 10.4. The highest BCUT2D eigenvalue weighted by atomic mass is 16.6. The molecular formula is C26H34N8O7. The number of piperidine rings is 1. The molecule has 1 unspecified atom stereocenters. The highest BCUT2D eigenvalue weighted by Crippen LogP contribution is 2.32. The van der Waals surface area contributed by atoms with Crippen molar-refractivity contribution >= 4 is 34.9 Å². The molecular weight excluding hydrogens is 536 g/mol. The lowest BCUT2D eigenvalue weighted by molar-refractivity contribution is -0.137. The van der Waals surface area contributed by atoms with Crippen molar-refractivity contribution in [1.29, 1.82) is 0 Å². The molecule has 5 rings (SSSR count). The van der Waals surface area contributed by atoms with Crippen molar-refractivity contribution in [2.45, 2.75) is 69.8 Å². The van der Waals surface area contributed by atoms with Gasteiger partial charge in [0.05, 0.1) is 6.33 Å². The van der Waals surface area contributed by atoms with Crippen molar-refractivity contribution in [3.8, 4) is 11.8 Å². The maximum Gasteiger partial charge on any atom is 0.411 e. The van der Waals surface area contributed by atoms with Crippen LogP contribution in [0.1, 0.15) is 51.1 Å². The number of imidazole rings is 1. The molecule has 220 valence electrons. The molecule has 5 N–H and O–H groups in total. The maximum atomic E-state index is 12.5. The third-order valence-corrected chi connectivity index (χ3v) is 7.70. The molecule has 0 spiro atoms. The first-order valence-electron chi connectivity index (χ1n) is 13.7. The number of nitrogens with two attached hydrogens (primary N) is 1. The van der Waals surface area contributed by atoms with Crippen molar-refractivity contribution in [2.75, 3.05) is 32.4 Å². The van der Waals surface area contributed by atoms with E-state index < -0.39 is 42.8 Å². The second kappa shape index (κ2) is 11.9. The van der Waals surface area contributed by atoms with Gasteiger partial charge in [0.15, 0.2) is 30.0 Å². The molecule has 2 aromatic rings. The normalized spacial score (nSPS) is 26.7. The van der Waals surface area contributed by atoms with Crippen LogP contribution < -0.4 is 11.1 Å². The molecule has 41 heavy (non-hydrogen) atoms. The molecule has 0 radical (unpaired) electrons. The van der Waals surface area contributed by atoms with Gasteiger partial charge in [-0.3, -0.25) is 14.2 Å². The van der Waals surface area contributed by atoms with Crippen LogP contribution in [0, 0.1) is 17.8 Å². The van der Waals surface area contributed by atoms with Crippen LogP contribution in [0.4, 0.5) is 10.6 Å². The Balaban J connectivity index is 1.20. The van der Waals surface area contributed by atoms with Gasteiger partial charge < -0.3 is 40.5 Å². The summed E-state index contributed by atoms with van der Waals surface area (Å²) in [5.74, 6) is 5.98. The number of hydrogen-bond acceptors (Lipinski definition) is 11. The number of likely N-dealkylation sites (tertiary alicyclic amines) is 2. The summed E-state index contributed by atoms with van der Waals surface area (Å²) in [5.41, 5.74) is 6.62. The molecule has 5 heterocycles. The van der Waals surface area contributed by atoms with Gasteiger partial charge in [-0.1, -0.05) is 5.92 Å². The molecule has 0 aromatic carbocycles. The molecule has 0 saturated carbocycles. The van der Waals surface area contributed by atoms with Crippen molar-refractivity contribution < 1.29 is 34.1 Å². The van der Waals surface area contributed by atoms with Crippen LogP contribution >= 0.6 is 0 Å². The number of anilines is 1. The predicted octanol–water partition coefficient (Wildman–Crippen LogP) is -0.668. The number of rotatable bonds is 5. The Kier molecular flexibility index (Phi) is 8.25. The number of carbonyl (C=O) groups is 3. The van der Waals surface area contributed by atoms with Gasteiger partial charge in [-0.2, -0.15) is 0 Å². The fourth-order valence-electron chi connectivity index (χ4n) is 5.26. The number of amides is 3. The highest BCUT2D eigenvalue weighted by Gasteiger charge is 2.47. The Hall–Kier alpha value is -4.00. The third-order valence-electron chi connectivity index (χ3n) is 7.70. The van der Waals surface area contributed by atoms with Crippen molar-refractivity contribution in [3.63, 3.8) is 0 Å². The van der Waals surface area contributed by atoms with Crippen molar-refractivity contribution in [2.24, 2.45) is 5.92 Å². The standard InChI is InChI=1S/C26H34N8O7/c1-3-28-24(38)21-19(36)20(37)25(41-21)34-13-29-18-22(27)30-15(31-23(18)34)6-4-5-14-9-11-33(12-10-14)26(39)40-17-8-7-16(35)32(17)2/h13-14,17,19-21,25,36-37H,3,5,7-12H2,1-2H3,(H,28,38)(H2,27,30,31)/t17?,19-,20+,21-,25+/m0/s1. The monoisotopic (exact) mass is 570 g/mol. The molecule has 15 heteroatoms.